The molecule has 0 saturated heterocycles. The lowest BCUT2D eigenvalue weighted by molar-refractivity contribution is -0.123. The molecule has 4 N–H and O–H groups in total. The number of nitrogens with two attached hydrogens (primary N) is 1. The van der Waals surface area contributed by atoms with Crippen molar-refractivity contribution in [3.05, 3.63) is 35.4 Å². The van der Waals surface area contributed by atoms with Crippen molar-refractivity contribution in [2.75, 3.05) is 7.05 Å². The van der Waals surface area contributed by atoms with Crippen molar-refractivity contribution < 1.29 is 9.59 Å². The van der Waals surface area contributed by atoms with Crippen LogP contribution in [0.2, 0.25) is 0 Å². The van der Waals surface area contributed by atoms with E-state index in [0.717, 1.165) is 5.56 Å². The normalized spacial score (nSPS) is 11.4. The molecule has 5 nitrogen and oxygen atoms in total. The fourth-order valence-electron chi connectivity index (χ4n) is 1.53. The average molecular weight is 300 g/mol. The average Bonchev–Trinajstić information content (AvgIpc) is 2.43. The van der Waals surface area contributed by atoms with Crippen molar-refractivity contribution in [2.45, 2.75) is 26.4 Å². The second-order valence-corrected chi connectivity index (χ2v) is 4.76. The number of hydrogen-bond donors (Lipinski definition) is 3. The van der Waals surface area contributed by atoms with Gasteiger partial charge >= 0.3 is 0 Å². The van der Waals surface area contributed by atoms with Gasteiger partial charge in [0.2, 0.25) is 5.91 Å². The van der Waals surface area contributed by atoms with E-state index >= 15 is 0 Å². The minimum Gasteiger partial charge on any atom is -0.355 e. The molecule has 1 aromatic rings. The molecule has 0 heterocycles. The molecule has 112 valence electrons. The maximum Gasteiger partial charge on any atom is 0.251 e. The highest BCUT2D eigenvalue weighted by atomic mass is 35.5. The fraction of sp³-hybridized carbons (Fsp3) is 0.429. The summed E-state index contributed by atoms with van der Waals surface area (Å²) in [5.41, 5.74) is 7.26. The van der Waals surface area contributed by atoms with Crippen LogP contribution in [0.5, 0.6) is 0 Å². The van der Waals surface area contributed by atoms with Crippen LogP contribution < -0.4 is 16.4 Å². The number of amides is 2. The third-order valence-electron chi connectivity index (χ3n) is 2.93. The largest absolute Gasteiger partial charge is 0.355 e. The first-order valence-electron chi connectivity index (χ1n) is 6.30. The molecular formula is C14H22ClN3O2. The topological polar surface area (TPSA) is 84.2 Å². The van der Waals surface area contributed by atoms with Gasteiger partial charge in [0, 0.05) is 19.2 Å². The van der Waals surface area contributed by atoms with E-state index in [1.165, 1.54) is 0 Å². The Morgan fingerprint density at radius 2 is 1.75 bits per heavy atom. The highest BCUT2D eigenvalue weighted by Crippen LogP contribution is 2.05. The first kappa shape index (κ1) is 18.4. The Morgan fingerprint density at radius 1 is 1.20 bits per heavy atom. The van der Waals surface area contributed by atoms with Gasteiger partial charge in [-0.1, -0.05) is 26.0 Å². The number of halogens is 1. The molecule has 1 atom stereocenters. The van der Waals surface area contributed by atoms with Gasteiger partial charge in [-0.2, -0.15) is 0 Å². The number of hydrogen-bond acceptors (Lipinski definition) is 3. The number of carbonyl (C=O) groups excluding carboxylic acids is 2. The van der Waals surface area contributed by atoms with E-state index < -0.39 is 6.04 Å². The minimum absolute atomic E-state index is 0. The molecule has 0 aromatic heterocycles. The second kappa shape index (κ2) is 8.55. The Labute approximate surface area is 125 Å². The second-order valence-electron chi connectivity index (χ2n) is 4.76. The summed E-state index contributed by atoms with van der Waals surface area (Å²) < 4.78 is 0. The van der Waals surface area contributed by atoms with Crippen LogP contribution in [-0.2, 0) is 11.3 Å². The number of rotatable bonds is 5. The standard InChI is InChI=1S/C14H21N3O2.ClH/c1-9(2)12(15)14(19)17-8-10-4-6-11(7-5-10)13(18)16-3;/h4-7,9,12H,8,15H2,1-3H3,(H,16,18)(H,17,19);1H/t12-;/m1./s1. The molecule has 1 rings (SSSR count). The highest BCUT2D eigenvalue weighted by molar-refractivity contribution is 5.93. The molecule has 0 unspecified atom stereocenters. The third-order valence-corrected chi connectivity index (χ3v) is 2.93. The zero-order valence-corrected chi connectivity index (χ0v) is 12.8. The number of benzene rings is 1. The fourth-order valence-corrected chi connectivity index (χ4v) is 1.53. The SMILES string of the molecule is CNC(=O)c1ccc(CNC(=O)[C@H](N)C(C)C)cc1.Cl. The lowest BCUT2D eigenvalue weighted by Gasteiger charge is -2.15. The molecule has 0 aliphatic heterocycles. The molecule has 20 heavy (non-hydrogen) atoms. The quantitative estimate of drug-likeness (QED) is 0.760. The summed E-state index contributed by atoms with van der Waals surface area (Å²) in [5, 5.41) is 5.33. The van der Waals surface area contributed by atoms with E-state index in [-0.39, 0.29) is 30.1 Å². The summed E-state index contributed by atoms with van der Waals surface area (Å²) in [6.07, 6.45) is 0. The van der Waals surface area contributed by atoms with E-state index in [1.807, 2.05) is 26.0 Å². The van der Waals surface area contributed by atoms with Crippen LogP contribution in [0.3, 0.4) is 0 Å². The summed E-state index contributed by atoms with van der Waals surface area (Å²) in [7, 11) is 1.59. The van der Waals surface area contributed by atoms with Crippen molar-refractivity contribution in [2.24, 2.45) is 11.7 Å². The van der Waals surface area contributed by atoms with Crippen LogP contribution >= 0.6 is 12.4 Å². The van der Waals surface area contributed by atoms with Crippen LogP contribution in [0.1, 0.15) is 29.8 Å². The molecule has 0 bridgehead atoms. The summed E-state index contributed by atoms with van der Waals surface area (Å²) in [5.74, 6) is -0.182. The van der Waals surface area contributed by atoms with Gasteiger partial charge in [0.05, 0.1) is 6.04 Å². The lowest BCUT2D eigenvalue weighted by Crippen LogP contribution is -2.43. The molecule has 1 aromatic carbocycles. The van der Waals surface area contributed by atoms with Crippen molar-refractivity contribution in [3.8, 4) is 0 Å². The Kier molecular flexibility index (Phi) is 7.87. The monoisotopic (exact) mass is 299 g/mol. The molecule has 0 spiro atoms. The van der Waals surface area contributed by atoms with Crippen molar-refractivity contribution in [3.63, 3.8) is 0 Å². The molecule has 0 fully saturated rings. The van der Waals surface area contributed by atoms with Gasteiger partial charge in [0.1, 0.15) is 0 Å². The highest BCUT2D eigenvalue weighted by Gasteiger charge is 2.16. The van der Waals surface area contributed by atoms with Crippen molar-refractivity contribution in [1.82, 2.24) is 10.6 Å². The van der Waals surface area contributed by atoms with E-state index in [9.17, 15) is 9.59 Å². The zero-order chi connectivity index (χ0) is 14.4. The Hall–Kier alpha value is -1.59. The summed E-state index contributed by atoms with van der Waals surface area (Å²) in [6.45, 7) is 4.22. The first-order valence-corrected chi connectivity index (χ1v) is 6.30. The smallest absolute Gasteiger partial charge is 0.251 e. The first-order chi connectivity index (χ1) is 8.95. The van der Waals surface area contributed by atoms with Gasteiger partial charge in [-0.15, -0.1) is 12.4 Å². The molecule has 0 aliphatic rings. The predicted molar refractivity (Wildman–Crippen MR) is 81.7 cm³/mol. The van der Waals surface area contributed by atoms with E-state index in [4.69, 9.17) is 5.73 Å². The zero-order valence-electron chi connectivity index (χ0n) is 12.0. The van der Waals surface area contributed by atoms with E-state index in [2.05, 4.69) is 10.6 Å². The van der Waals surface area contributed by atoms with Gasteiger partial charge in [-0.25, -0.2) is 0 Å². The number of nitrogens with one attached hydrogen (secondary N) is 2. The van der Waals surface area contributed by atoms with Crippen LogP contribution in [0.15, 0.2) is 24.3 Å². The molecule has 0 radical (unpaired) electrons. The van der Waals surface area contributed by atoms with Gasteiger partial charge in [-0.3, -0.25) is 9.59 Å². The van der Waals surface area contributed by atoms with E-state index in [0.29, 0.717) is 12.1 Å². The summed E-state index contributed by atoms with van der Waals surface area (Å²) in [6, 6.07) is 6.58. The Balaban J connectivity index is 0.00000361. The summed E-state index contributed by atoms with van der Waals surface area (Å²) in [4.78, 5) is 23.0. The Bertz CT molecular complexity index is 446. The van der Waals surface area contributed by atoms with Gasteiger partial charge in [-0.05, 0) is 23.6 Å². The molecule has 2 amide bonds. The molecule has 6 heteroatoms. The molecule has 0 aliphatic carbocycles. The maximum absolute atomic E-state index is 11.7. The molecular weight excluding hydrogens is 278 g/mol. The minimum atomic E-state index is -0.495. The van der Waals surface area contributed by atoms with Crippen LogP contribution in [0.25, 0.3) is 0 Å². The lowest BCUT2D eigenvalue weighted by atomic mass is 10.0. The van der Waals surface area contributed by atoms with Crippen molar-refractivity contribution in [1.29, 1.82) is 0 Å². The molecule has 0 saturated carbocycles. The maximum atomic E-state index is 11.7. The van der Waals surface area contributed by atoms with E-state index in [1.54, 1.807) is 19.2 Å². The third kappa shape index (κ3) is 5.19. The van der Waals surface area contributed by atoms with Crippen LogP contribution in [0, 0.1) is 5.92 Å². The predicted octanol–water partition coefficient (Wildman–Crippen LogP) is 1.07. The van der Waals surface area contributed by atoms with Crippen molar-refractivity contribution >= 4 is 24.2 Å². The van der Waals surface area contributed by atoms with Gasteiger partial charge in [0.15, 0.2) is 0 Å². The Morgan fingerprint density at radius 3 is 2.20 bits per heavy atom. The summed E-state index contributed by atoms with van der Waals surface area (Å²) >= 11 is 0. The van der Waals surface area contributed by atoms with Gasteiger partial charge in [0.25, 0.3) is 5.91 Å². The van der Waals surface area contributed by atoms with Crippen LogP contribution in [0.4, 0.5) is 0 Å². The van der Waals surface area contributed by atoms with Crippen LogP contribution in [-0.4, -0.2) is 24.9 Å². The van der Waals surface area contributed by atoms with Gasteiger partial charge < -0.3 is 16.4 Å². The number of carbonyl (C=O) groups is 2.